The summed E-state index contributed by atoms with van der Waals surface area (Å²) in [5.74, 6) is 0.00338. The van der Waals surface area contributed by atoms with Crippen LogP contribution in [0.1, 0.15) is 25.5 Å². The number of amides is 2. The Labute approximate surface area is 150 Å². The lowest BCUT2D eigenvalue weighted by molar-refractivity contribution is -0.140. The van der Waals surface area contributed by atoms with Gasteiger partial charge in [0.25, 0.3) is 0 Å². The lowest BCUT2D eigenvalue weighted by Crippen LogP contribution is -2.52. The van der Waals surface area contributed by atoms with Crippen molar-refractivity contribution in [3.63, 3.8) is 0 Å². The van der Waals surface area contributed by atoms with Gasteiger partial charge in [-0.25, -0.2) is 4.39 Å². The summed E-state index contributed by atoms with van der Waals surface area (Å²) in [4.78, 5) is 28.0. The van der Waals surface area contributed by atoms with Gasteiger partial charge in [0.1, 0.15) is 5.82 Å². The molecule has 2 heterocycles. The van der Waals surface area contributed by atoms with Crippen molar-refractivity contribution < 1.29 is 18.5 Å². The van der Waals surface area contributed by atoms with Crippen LogP contribution in [-0.4, -0.2) is 52.9 Å². The van der Waals surface area contributed by atoms with E-state index >= 15 is 0 Å². The summed E-state index contributed by atoms with van der Waals surface area (Å²) in [7, 11) is 0. The molecule has 0 radical (unpaired) electrons. The smallest absolute Gasteiger partial charge is 0.235 e. The molecule has 2 fully saturated rings. The van der Waals surface area contributed by atoms with E-state index in [1.807, 2.05) is 0 Å². The molecule has 136 valence electrons. The van der Waals surface area contributed by atoms with E-state index in [0.29, 0.717) is 56.0 Å². The molecule has 1 saturated carbocycles. The summed E-state index contributed by atoms with van der Waals surface area (Å²) in [6.07, 6.45) is 1.42. The molecule has 2 amide bonds. The predicted molar refractivity (Wildman–Crippen MR) is 91.6 cm³/mol. The molecule has 1 aliphatic heterocycles. The summed E-state index contributed by atoms with van der Waals surface area (Å²) in [6.45, 7) is 3.70. The van der Waals surface area contributed by atoms with Crippen LogP contribution in [0.5, 0.6) is 0 Å². The van der Waals surface area contributed by atoms with Crippen molar-refractivity contribution in [3.05, 3.63) is 41.8 Å². The summed E-state index contributed by atoms with van der Waals surface area (Å²) in [6, 6.07) is 8.01. The molecule has 0 atom stereocenters. The third-order valence-corrected chi connectivity index (χ3v) is 5.31. The first-order chi connectivity index (χ1) is 12.5. The van der Waals surface area contributed by atoms with Crippen LogP contribution in [0.25, 0.3) is 11.3 Å². The zero-order valence-corrected chi connectivity index (χ0v) is 14.6. The van der Waals surface area contributed by atoms with Crippen LogP contribution in [-0.2, 0) is 15.0 Å². The number of carbonyl (C=O) groups excluding carboxylic acids is 2. The Balaban J connectivity index is 1.52. The van der Waals surface area contributed by atoms with Gasteiger partial charge in [0, 0.05) is 39.2 Å². The van der Waals surface area contributed by atoms with Crippen molar-refractivity contribution in [2.75, 3.05) is 26.2 Å². The number of rotatable bonds is 3. The maximum atomic E-state index is 14.0. The van der Waals surface area contributed by atoms with Crippen LogP contribution in [0, 0.1) is 5.82 Å². The van der Waals surface area contributed by atoms with Gasteiger partial charge in [-0.1, -0.05) is 17.3 Å². The Morgan fingerprint density at radius 1 is 1.12 bits per heavy atom. The standard InChI is InChI=1S/C19H20FN3O3/c1-13(24)22-8-10-23(11-9-22)18(25)19(6-7-19)17-12-16(26-21-17)14-4-2-3-5-15(14)20/h2-5,12H,6-11H2,1H3. The first kappa shape index (κ1) is 16.8. The quantitative estimate of drug-likeness (QED) is 0.845. The molecule has 2 aromatic rings. The minimum Gasteiger partial charge on any atom is -0.356 e. The van der Waals surface area contributed by atoms with Crippen LogP contribution >= 0.6 is 0 Å². The lowest BCUT2D eigenvalue weighted by atomic mass is 9.99. The van der Waals surface area contributed by atoms with Crippen molar-refractivity contribution in [2.24, 2.45) is 0 Å². The Morgan fingerprint density at radius 3 is 2.38 bits per heavy atom. The molecule has 6 nitrogen and oxygen atoms in total. The minimum atomic E-state index is -0.661. The van der Waals surface area contributed by atoms with Crippen LogP contribution < -0.4 is 0 Å². The van der Waals surface area contributed by atoms with E-state index in [1.165, 1.54) is 6.07 Å². The second-order valence-corrected chi connectivity index (χ2v) is 6.94. The highest BCUT2D eigenvalue weighted by Gasteiger charge is 2.55. The summed E-state index contributed by atoms with van der Waals surface area (Å²) in [5, 5.41) is 4.07. The molecule has 1 saturated heterocycles. The Kier molecular flexibility index (Phi) is 4.01. The van der Waals surface area contributed by atoms with Gasteiger partial charge < -0.3 is 14.3 Å². The highest BCUT2D eigenvalue weighted by Crippen LogP contribution is 2.50. The lowest BCUT2D eigenvalue weighted by Gasteiger charge is -2.35. The van der Waals surface area contributed by atoms with Crippen LogP contribution in [0.15, 0.2) is 34.9 Å². The number of nitrogens with zero attached hydrogens (tertiary/aromatic N) is 3. The molecular formula is C19H20FN3O3. The molecule has 1 aliphatic carbocycles. The Morgan fingerprint density at radius 2 is 1.77 bits per heavy atom. The fraction of sp³-hybridized carbons (Fsp3) is 0.421. The van der Waals surface area contributed by atoms with E-state index in [4.69, 9.17) is 4.52 Å². The molecule has 4 rings (SSSR count). The van der Waals surface area contributed by atoms with E-state index in [2.05, 4.69) is 5.16 Å². The van der Waals surface area contributed by atoms with Crippen LogP contribution in [0.2, 0.25) is 0 Å². The number of hydrogen-bond acceptors (Lipinski definition) is 4. The summed E-state index contributed by atoms with van der Waals surface area (Å²) >= 11 is 0. The maximum Gasteiger partial charge on any atom is 0.235 e. The van der Waals surface area contributed by atoms with E-state index in [-0.39, 0.29) is 17.6 Å². The first-order valence-electron chi connectivity index (χ1n) is 8.78. The number of piperazine rings is 1. The normalized spacial score (nSPS) is 18.7. The molecule has 0 bridgehead atoms. The van der Waals surface area contributed by atoms with Crippen molar-refractivity contribution in [2.45, 2.75) is 25.2 Å². The van der Waals surface area contributed by atoms with Gasteiger partial charge in [0.2, 0.25) is 11.8 Å². The zero-order valence-electron chi connectivity index (χ0n) is 14.6. The van der Waals surface area contributed by atoms with Gasteiger partial charge in [-0.05, 0) is 25.0 Å². The number of carbonyl (C=O) groups is 2. The average Bonchev–Trinajstić information content (AvgIpc) is 3.32. The molecule has 1 aromatic heterocycles. The van der Waals surface area contributed by atoms with E-state index < -0.39 is 5.41 Å². The minimum absolute atomic E-state index is 0.0223. The van der Waals surface area contributed by atoms with E-state index in [9.17, 15) is 14.0 Å². The van der Waals surface area contributed by atoms with Gasteiger partial charge >= 0.3 is 0 Å². The molecule has 0 N–H and O–H groups in total. The highest BCUT2D eigenvalue weighted by molar-refractivity contribution is 5.91. The van der Waals surface area contributed by atoms with Gasteiger partial charge in [-0.2, -0.15) is 0 Å². The van der Waals surface area contributed by atoms with Gasteiger partial charge in [-0.15, -0.1) is 0 Å². The van der Waals surface area contributed by atoms with Crippen LogP contribution in [0.4, 0.5) is 4.39 Å². The van der Waals surface area contributed by atoms with Crippen molar-refractivity contribution in [1.82, 2.24) is 15.0 Å². The second kappa shape index (κ2) is 6.23. The number of aromatic nitrogens is 1. The summed E-state index contributed by atoms with van der Waals surface area (Å²) < 4.78 is 19.3. The topological polar surface area (TPSA) is 66.7 Å². The van der Waals surface area contributed by atoms with E-state index in [0.717, 1.165) is 0 Å². The van der Waals surface area contributed by atoms with Crippen molar-refractivity contribution in [3.8, 4) is 11.3 Å². The fourth-order valence-corrected chi connectivity index (χ4v) is 3.52. The Hall–Kier alpha value is -2.70. The van der Waals surface area contributed by atoms with Gasteiger partial charge in [0.15, 0.2) is 5.76 Å². The fourth-order valence-electron chi connectivity index (χ4n) is 3.52. The van der Waals surface area contributed by atoms with Crippen LogP contribution in [0.3, 0.4) is 0 Å². The molecule has 7 heteroatoms. The number of benzene rings is 1. The maximum absolute atomic E-state index is 14.0. The molecule has 26 heavy (non-hydrogen) atoms. The largest absolute Gasteiger partial charge is 0.356 e. The zero-order chi connectivity index (χ0) is 18.3. The molecular weight excluding hydrogens is 337 g/mol. The van der Waals surface area contributed by atoms with Crippen molar-refractivity contribution >= 4 is 11.8 Å². The molecule has 0 spiro atoms. The molecule has 2 aliphatic rings. The number of hydrogen-bond donors (Lipinski definition) is 0. The third-order valence-electron chi connectivity index (χ3n) is 5.31. The Bertz CT molecular complexity index is 851. The van der Waals surface area contributed by atoms with Gasteiger partial charge in [0.05, 0.1) is 16.7 Å². The SMILES string of the molecule is CC(=O)N1CCN(C(=O)C2(c3cc(-c4ccccc4F)on3)CC2)CC1. The third kappa shape index (κ3) is 2.77. The summed E-state index contributed by atoms with van der Waals surface area (Å²) in [5.41, 5.74) is 0.241. The molecule has 1 aromatic carbocycles. The number of halogens is 1. The monoisotopic (exact) mass is 357 g/mol. The second-order valence-electron chi connectivity index (χ2n) is 6.94. The average molecular weight is 357 g/mol. The van der Waals surface area contributed by atoms with Gasteiger partial charge in [-0.3, -0.25) is 9.59 Å². The highest BCUT2D eigenvalue weighted by atomic mass is 19.1. The predicted octanol–water partition coefficient (Wildman–Crippen LogP) is 2.20. The first-order valence-corrected chi connectivity index (χ1v) is 8.78. The van der Waals surface area contributed by atoms with E-state index in [1.54, 1.807) is 41.0 Å². The van der Waals surface area contributed by atoms with Crippen molar-refractivity contribution in [1.29, 1.82) is 0 Å². The molecule has 0 unspecified atom stereocenters.